The van der Waals surface area contributed by atoms with Crippen molar-refractivity contribution in [2.45, 2.75) is 50.2 Å². The van der Waals surface area contributed by atoms with Crippen molar-refractivity contribution in [3.8, 4) is 0 Å². The average Bonchev–Trinajstić information content (AvgIpc) is 3.47. The summed E-state index contributed by atoms with van der Waals surface area (Å²) < 4.78 is 15.2. The van der Waals surface area contributed by atoms with E-state index in [9.17, 15) is 19.2 Å². The highest BCUT2D eigenvalue weighted by molar-refractivity contribution is 6.23. The standard InChI is InChI=1S/C24H28FN5O4/c25-18-8-16-17(24(34)30(23(16)33)19-1-2-21(31)27-22(19)32)9-20(18)29-12-14-7-15(29)11-28(14)10-13-3-5-26-6-4-13/h8-9,13-15,19,26H,1-7,10-12H2,(H,27,31,32)/t14-,15-,19?/m0/s1. The minimum Gasteiger partial charge on any atom is -0.363 e. The topological polar surface area (TPSA) is 102 Å². The van der Waals surface area contributed by atoms with Crippen molar-refractivity contribution in [2.24, 2.45) is 5.92 Å². The summed E-state index contributed by atoms with van der Waals surface area (Å²) in [4.78, 5) is 55.2. The molecular weight excluding hydrogens is 441 g/mol. The first-order valence-corrected chi connectivity index (χ1v) is 12.2. The third kappa shape index (κ3) is 3.42. The summed E-state index contributed by atoms with van der Waals surface area (Å²) in [5.74, 6) is -2.21. The van der Waals surface area contributed by atoms with Crippen LogP contribution in [0.3, 0.4) is 0 Å². The van der Waals surface area contributed by atoms with Crippen LogP contribution < -0.4 is 15.5 Å². The Balaban J connectivity index is 1.20. The zero-order chi connectivity index (χ0) is 23.6. The Labute approximate surface area is 196 Å². The number of piperazine rings is 1. The highest BCUT2D eigenvalue weighted by Gasteiger charge is 2.48. The molecule has 34 heavy (non-hydrogen) atoms. The van der Waals surface area contributed by atoms with Crippen molar-refractivity contribution in [1.82, 2.24) is 20.4 Å². The summed E-state index contributed by atoms with van der Waals surface area (Å²) in [5, 5.41) is 5.58. The van der Waals surface area contributed by atoms with E-state index in [-0.39, 0.29) is 30.0 Å². The Morgan fingerprint density at radius 1 is 0.941 bits per heavy atom. The van der Waals surface area contributed by atoms with E-state index in [1.165, 1.54) is 18.9 Å². The fraction of sp³-hybridized carbons (Fsp3) is 0.583. The number of imide groups is 2. The first kappa shape index (κ1) is 21.7. The molecule has 2 N–H and O–H groups in total. The van der Waals surface area contributed by atoms with E-state index in [1.807, 2.05) is 4.90 Å². The molecule has 0 aliphatic carbocycles. The number of hydrogen-bond donors (Lipinski definition) is 2. The molecule has 1 aromatic carbocycles. The molecule has 0 aromatic heterocycles. The summed E-state index contributed by atoms with van der Waals surface area (Å²) in [5.41, 5.74) is 0.451. The number of carbonyl (C=O) groups is 4. The summed E-state index contributed by atoms with van der Waals surface area (Å²) in [6.07, 6.45) is 3.48. The quantitative estimate of drug-likeness (QED) is 0.619. The van der Waals surface area contributed by atoms with Gasteiger partial charge in [0.1, 0.15) is 11.9 Å². The molecule has 4 amide bonds. The van der Waals surface area contributed by atoms with Crippen molar-refractivity contribution in [2.75, 3.05) is 37.6 Å². The summed E-state index contributed by atoms with van der Waals surface area (Å²) in [7, 11) is 0. The molecule has 1 aromatic rings. The van der Waals surface area contributed by atoms with Gasteiger partial charge >= 0.3 is 0 Å². The van der Waals surface area contributed by atoms with Gasteiger partial charge in [-0.05, 0) is 56.8 Å². The van der Waals surface area contributed by atoms with E-state index in [0.29, 0.717) is 24.2 Å². The number of nitrogens with zero attached hydrogens (tertiary/aromatic N) is 3. The van der Waals surface area contributed by atoms with Gasteiger partial charge in [0.05, 0.1) is 16.8 Å². The normalized spacial score (nSPS) is 29.9. The fourth-order valence-corrected chi connectivity index (χ4v) is 6.36. The van der Waals surface area contributed by atoms with Gasteiger partial charge in [-0.2, -0.15) is 0 Å². The van der Waals surface area contributed by atoms with E-state index < -0.39 is 35.5 Å². The van der Waals surface area contributed by atoms with E-state index in [0.717, 1.165) is 43.6 Å². The van der Waals surface area contributed by atoms with Crippen LogP contribution >= 0.6 is 0 Å². The molecule has 10 heteroatoms. The number of piperidine rings is 2. The SMILES string of the molecule is O=C1CCC(N2C(=O)c3cc(F)c(N4C[C@@H]5C[C@H]4CN5CC4CCNCC4)cc3C2=O)C(=O)N1. The molecule has 180 valence electrons. The van der Waals surface area contributed by atoms with Crippen LogP contribution in [0.15, 0.2) is 12.1 Å². The summed E-state index contributed by atoms with van der Waals surface area (Å²) >= 11 is 0. The van der Waals surface area contributed by atoms with Crippen LogP contribution in [-0.2, 0) is 9.59 Å². The lowest BCUT2D eigenvalue weighted by atomic mass is 9.97. The minimum atomic E-state index is -1.05. The van der Waals surface area contributed by atoms with Crippen LogP contribution in [0.25, 0.3) is 0 Å². The Hall–Kier alpha value is -2.85. The number of fused-ring (bicyclic) bond motifs is 3. The Morgan fingerprint density at radius 2 is 1.68 bits per heavy atom. The minimum absolute atomic E-state index is 0.0205. The molecule has 5 aliphatic rings. The van der Waals surface area contributed by atoms with Crippen LogP contribution in [0.5, 0.6) is 0 Å². The molecular formula is C24H28FN5O4. The lowest BCUT2D eigenvalue weighted by molar-refractivity contribution is -0.136. The van der Waals surface area contributed by atoms with Crippen molar-refractivity contribution in [3.63, 3.8) is 0 Å². The molecule has 6 rings (SSSR count). The second-order valence-corrected chi connectivity index (χ2v) is 10.1. The second-order valence-electron chi connectivity index (χ2n) is 10.1. The summed E-state index contributed by atoms with van der Waals surface area (Å²) in [6, 6.07) is 2.11. The van der Waals surface area contributed by atoms with Gasteiger partial charge < -0.3 is 10.2 Å². The van der Waals surface area contributed by atoms with Crippen molar-refractivity contribution >= 4 is 29.3 Å². The van der Waals surface area contributed by atoms with Crippen LogP contribution in [0, 0.1) is 11.7 Å². The number of carbonyl (C=O) groups excluding carboxylic acids is 4. The number of hydrogen-bond acceptors (Lipinski definition) is 7. The third-order valence-corrected chi connectivity index (χ3v) is 8.12. The largest absolute Gasteiger partial charge is 0.363 e. The molecule has 5 aliphatic heterocycles. The van der Waals surface area contributed by atoms with Gasteiger partial charge in [-0.15, -0.1) is 0 Å². The molecule has 0 saturated carbocycles. The van der Waals surface area contributed by atoms with Gasteiger partial charge in [-0.25, -0.2) is 4.39 Å². The zero-order valence-corrected chi connectivity index (χ0v) is 18.9. The highest BCUT2D eigenvalue weighted by Crippen LogP contribution is 2.39. The second kappa shape index (κ2) is 8.13. The highest BCUT2D eigenvalue weighted by atomic mass is 19.1. The number of amides is 4. The molecule has 3 atom stereocenters. The van der Waals surface area contributed by atoms with E-state index in [4.69, 9.17) is 0 Å². The van der Waals surface area contributed by atoms with Crippen molar-refractivity contribution in [3.05, 3.63) is 29.1 Å². The third-order valence-electron chi connectivity index (χ3n) is 8.12. The first-order valence-electron chi connectivity index (χ1n) is 12.2. The number of halogens is 1. The number of nitrogens with one attached hydrogen (secondary N) is 2. The molecule has 0 radical (unpaired) electrons. The van der Waals surface area contributed by atoms with Crippen molar-refractivity contribution in [1.29, 1.82) is 0 Å². The van der Waals surface area contributed by atoms with Gasteiger partial charge in [0.25, 0.3) is 11.8 Å². The van der Waals surface area contributed by atoms with E-state index in [2.05, 4.69) is 15.5 Å². The molecule has 5 heterocycles. The molecule has 4 fully saturated rings. The number of anilines is 1. The van der Waals surface area contributed by atoms with Crippen LogP contribution in [0.2, 0.25) is 0 Å². The lowest BCUT2D eigenvalue weighted by Gasteiger charge is -2.38. The maximum atomic E-state index is 15.2. The fourth-order valence-electron chi connectivity index (χ4n) is 6.36. The van der Waals surface area contributed by atoms with E-state index >= 15 is 4.39 Å². The predicted molar refractivity (Wildman–Crippen MR) is 120 cm³/mol. The van der Waals surface area contributed by atoms with Gasteiger partial charge in [-0.3, -0.25) is 34.3 Å². The van der Waals surface area contributed by atoms with Crippen LogP contribution in [0.1, 0.15) is 52.8 Å². The van der Waals surface area contributed by atoms with Gasteiger partial charge in [-0.1, -0.05) is 0 Å². The first-order chi connectivity index (χ1) is 16.4. The van der Waals surface area contributed by atoms with Crippen LogP contribution in [0.4, 0.5) is 10.1 Å². The number of benzene rings is 1. The lowest BCUT2D eigenvalue weighted by Crippen LogP contribution is -2.54. The monoisotopic (exact) mass is 469 g/mol. The number of likely N-dealkylation sites (tertiary alicyclic amines) is 1. The number of rotatable bonds is 4. The molecule has 9 nitrogen and oxygen atoms in total. The predicted octanol–water partition coefficient (Wildman–Crippen LogP) is 0.489. The van der Waals surface area contributed by atoms with Gasteiger partial charge in [0, 0.05) is 38.1 Å². The van der Waals surface area contributed by atoms with Crippen molar-refractivity contribution < 1.29 is 23.6 Å². The summed E-state index contributed by atoms with van der Waals surface area (Å²) in [6.45, 7) is 4.80. The Morgan fingerprint density at radius 3 is 2.35 bits per heavy atom. The maximum Gasteiger partial charge on any atom is 0.262 e. The Kier molecular flexibility index (Phi) is 5.18. The molecule has 4 saturated heterocycles. The zero-order valence-electron chi connectivity index (χ0n) is 18.9. The molecule has 2 bridgehead atoms. The molecule has 0 spiro atoms. The maximum absolute atomic E-state index is 15.2. The van der Waals surface area contributed by atoms with Gasteiger partial charge in [0.15, 0.2) is 0 Å². The Bertz CT molecular complexity index is 1090. The van der Waals surface area contributed by atoms with Crippen LogP contribution in [-0.4, -0.2) is 84.3 Å². The van der Waals surface area contributed by atoms with E-state index in [1.54, 1.807) is 0 Å². The average molecular weight is 470 g/mol. The van der Waals surface area contributed by atoms with Gasteiger partial charge in [0.2, 0.25) is 11.8 Å². The smallest absolute Gasteiger partial charge is 0.262 e. The molecule has 1 unspecified atom stereocenters.